The van der Waals surface area contributed by atoms with Crippen molar-refractivity contribution < 1.29 is 19.9 Å². The Labute approximate surface area is 102 Å². The van der Waals surface area contributed by atoms with Crippen molar-refractivity contribution in [2.24, 2.45) is 0 Å². The summed E-state index contributed by atoms with van der Waals surface area (Å²) in [4.78, 5) is 0. The minimum absolute atomic E-state index is 1.46. The van der Waals surface area contributed by atoms with E-state index >= 15 is 0 Å². The van der Waals surface area contributed by atoms with E-state index in [1.165, 1.54) is 42.7 Å². The first kappa shape index (κ1) is 16.3. The molecule has 0 aromatic carbocycles. The summed E-state index contributed by atoms with van der Waals surface area (Å²) >= 11 is -7.96. The molecule has 0 rings (SSSR count). The van der Waals surface area contributed by atoms with Gasteiger partial charge in [0.15, 0.2) is 0 Å². The first-order chi connectivity index (χ1) is 7.07. The second-order valence-electron chi connectivity index (χ2n) is 2.33. The number of hydrogen-bond acceptors (Lipinski definition) is 7. The molecule has 9 heteroatoms. The topological polar surface area (TPSA) is 64.6 Å². The Balaban J connectivity index is 4.74. The van der Waals surface area contributed by atoms with Crippen molar-refractivity contribution in [1.29, 1.82) is 0 Å². The molecule has 0 atom stereocenters. The summed E-state index contributed by atoms with van der Waals surface area (Å²) < 4.78 is 36.5. The zero-order valence-corrected chi connectivity index (χ0v) is 15.6. The molecule has 0 radical (unpaired) electrons. The summed E-state index contributed by atoms with van der Waals surface area (Å²) in [6.45, 7) is 0. The van der Waals surface area contributed by atoms with Crippen molar-refractivity contribution in [2.75, 3.05) is 42.7 Å². The molecule has 0 fully saturated rings. The summed E-state index contributed by atoms with van der Waals surface area (Å²) in [6, 6.07) is 0. The van der Waals surface area contributed by atoms with E-state index < -0.39 is 40.1 Å². The van der Waals surface area contributed by atoms with E-state index in [9.17, 15) is 0 Å². The maximum absolute atomic E-state index is 5.61. The molecule has 0 bridgehead atoms. The van der Waals surface area contributed by atoms with E-state index in [4.69, 9.17) is 19.9 Å². The predicted molar refractivity (Wildman–Crippen MR) is 54.6 cm³/mol. The Morgan fingerprint density at radius 2 is 0.667 bits per heavy atom. The molecule has 0 amide bonds. The number of hydrogen-bond donors (Lipinski definition) is 0. The van der Waals surface area contributed by atoms with E-state index in [1.807, 2.05) is 0 Å². The van der Waals surface area contributed by atoms with Gasteiger partial charge in [0.2, 0.25) is 0 Å². The molecule has 0 aromatic rings. The molecule has 0 aromatic heterocycles. The third-order valence-corrected chi connectivity index (χ3v) is 21.3. The minimum atomic E-state index is -3.98. The van der Waals surface area contributed by atoms with Crippen LogP contribution in [0.2, 0.25) is 0 Å². The van der Waals surface area contributed by atoms with Gasteiger partial charge in [0.25, 0.3) is 0 Å². The molecule has 0 unspecified atom stereocenters. The third kappa shape index (κ3) is 4.24. The fraction of sp³-hybridized carbons (Fsp3) is 1.00. The predicted octanol–water partition coefficient (Wildman–Crippen LogP) is -0.247. The average Bonchev–Trinajstić information content (AvgIpc) is 2.33. The normalized spacial score (nSPS) is 13.2. The van der Waals surface area contributed by atoms with Gasteiger partial charge in [-0.2, -0.15) is 0 Å². The molecule has 0 aliphatic heterocycles. The molecule has 92 valence electrons. The van der Waals surface area contributed by atoms with Crippen molar-refractivity contribution in [1.82, 2.24) is 0 Å². The van der Waals surface area contributed by atoms with Crippen LogP contribution >= 0.6 is 0 Å². The molecule has 0 heterocycles. The Hall–Kier alpha value is 1.32. The van der Waals surface area contributed by atoms with Gasteiger partial charge in [-0.15, -0.1) is 0 Å². The molecule has 7 nitrogen and oxygen atoms in total. The van der Waals surface area contributed by atoms with Gasteiger partial charge in [0, 0.05) is 0 Å². The van der Waals surface area contributed by atoms with Gasteiger partial charge in [0.1, 0.15) is 0 Å². The zero-order valence-electron chi connectivity index (χ0n) is 9.86. The monoisotopic (exact) mass is 442 g/mol. The SMILES string of the molecule is C[O][Sn]([O]C)([O]C)[O][Sn]([O]C)([O]C)[O]C. The van der Waals surface area contributed by atoms with Gasteiger partial charge in [0.05, 0.1) is 0 Å². The van der Waals surface area contributed by atoms with Crippen LogP contribution in [-0.4, -0.2) is 82.7 Å². The van der Waals surface area contributed by atoms with Crippen molar-refractivity contribution in [3.63, 3.8) is 0 Å². The van der Waals surface area contributed by atoms with Gasteiger partial charge in [-0.25, -0.2) is 0 Å². The van der Waals surface area contributed by atoms with Gasteiger partial charge in [-0.05, 0) is 0 Å². The van der Waals surface area contributed by atoms with Crippen LogP contribution in [0, 0.1) is 0 Å². The zero-order chi connectivity index (χ0) is 11.9. The Morgan fingerprint density at radius 1 is 0.467 bits per heavy atom. The summed E-state index contributed by atoms with van der Waals surface area (Å²) in [5.74, 6) is 0. The molecule has 0 saturated heterocycles. The van der Waals surface area contributed by atoms with Crippen LogP contribution in [0.1, 0.15) is 0 Å². The van der Waals surface area contributed by atoms with Gasteiger partial charge >= 0.3 is 103 Å². The van der Waals surface area contributed by atoms with Crippen LogP contribution in [0.5, 0.6) is 0 Å². The molecule has 0 aliphatic rings. The van der Waals surface area contributed by atoms with Crippen molar-refractivity contribution in [3.05, 3.63) is 0 Å². The average molecular weight is 440 g/mol. The second kappa shape index (κ2) is 7.61. The Kier molecular flexibility index (Phi) is 8.27. The number of rotatable bonds is 8. The van der Waals surface area contributed by atoms with Crippen molar-refractivity contribution >= 4 is 40.1 Å². The van der Waals surface area contributed by atoms with Crippen LogP contribution in [-0.2, 0) is 19.9 Å². The third-order valence-electron chi connectivity index (χ3n) is 1.75. The summed E-state index contributed by atoms with van der Waals surface area (Å²) in [7, 11) is 8.75. The van der Waals surface area contributed by atoms with Gasteiger partial charge in [-0.3, -0.25) is 0 Å². The quantitative estimate of drug-likeness (QED) is 0.484. The Morgan fingerprint density at radius 3 is 0.800 bits per heavy atom. The van der Waals surface area contributed by atoms with Gasteiger partial charge in [-0.1, -0.05) is 0 Å². The molecule has 0 spiro atoms. The molecule has 0 N–H and O–H groups in total. The summed E-state index contributed by atoms with van der Waals surface area (Å²) in [5.41, 5.74) is 0. The molecular weight excluding hydrogens is 421 g/mol. The van der Waals surface area contributed by atoms with E-state index in [-0.39, 0.29) is 0 Å². The molecule has 0 saturated carbocycles. The van der Waals surface area contributed by atoms with E-state index in [1.54, 1.807) is 0 Å². The molecular formula is C6H18O7Sn2. The van der Waals surface area contributed by atoms with E-state index in [0.29, 0.717) is 0 Å². The fourth-order valence-electron chi connectivity index (χ4n) is 0.903. The van der Waals surface area contributed by atoms with Gasteiger partial charge < -0.3 is 0 Å². The Bertz CT molecular complexity index is 136. The van der Waals surface area contributed by atoms with E-state index in [2.05, 4.69) is 0 Å². The van der Waals surface area contributed by atoms with Crippen molar-refractivity contribution in [3.8, 4) is 0 Å². The first-order valence-corrected chi connectivity index (χ1v) is 13.4. The van der Waals surface area contributed by atoms with Crippen LogP contribution < -0.4 is 0 Å². The second-order valence-corrected chi connectivity index (χ2v) is 19.5. The standard InChI is InChI=1S/6CH3O.O.2Sn/c6*1-2;;;/h6*1H3;;;/q6*-1;;2*+3. The van der Waals surface area contributed by atoms with Crippen LogP contribution in [0.3, 0.4) is 0 Å². The summed E-state index contributed by atoms with van der Waals surface area (Å²) in [6.07, 6.45) is 0. The van der Waals surface area contributed by atoms with Crippen LogP contribution in [0.4, 0.5) is 0 Å². The summed E-state index contributed by atoms with van der Waals surface area (Å²) in [5, 5.41) is 0. The van der Waals surface area contributed by atoms with Crippen molar-refractivity contribution in [2.45, 2.75) is 0 Å². The van der Waals surface area contributed by atoms with Crippen LogP contribution in [0.15, 0.2) is 0 Å². The maximum atomic E-state index is 5.61. The van der Waals surface area contributed by atoms with Crippen LogP contribution in [0.25, 0.3) is 0 Å². The fourth-order valence-corrected chi connectivity index (χ4v) is 21.5. The first-order valence-electron chi connectivity index (χ1n) is 4.08. The molecule has 0 aliphatic carbocycles. The van der Waals surface area contributed by atoms with E-state index in [0.717, 1.165) is 0 Å². The molecule has 15 heavy (non-hydrogen) atoms.